The Morgan fingerprint density at radius 3 is 2.43 bits per heavy atom. The highest BCUT2D eigenvalue weighted by Gasteiger charge is 2.45. The molecule has 21 heavy (non-hydrogen) atoms. The van der Waals surface area contributed by atoms with Crippen LogP contribution in [0.5, 0.6) is 0 Å². The molecule has 2 atom stereocenters. The van der Waals surface area contributed by atoms with Crippen molar-refractivity contribution in [3.63, 3.8) is 0 Å². The van der Waals surface area contributed by atoms with Gasteiger partial charge in [-0.25, -0.2) is 0 Å². The van der Waals surface area contributed by atoms with Crippen molar-refractivity contribution in [3.8, 4) is 0 Å². The van der Waals surface area contributed by atoms with Gasteiger partial charge in [-0.05, 0) is 37.0 Å². The molecule has 2 rings (SSSR count). The minimum atomic E-state index is -4.91. The van der Waals surface area contributed by atoms with Crippen LogP contribution in [-0.2, 0) is 14.3 Å². The Balaban J connectivity index is 1.95. The molecule has 0 aromatic heterocycles. The van der Waals surface area contributed by atoms with Crippen molar-refractivity contribution in [2.45, 2.75) is 25.4 Å². The van der Waals surface area contributed by atoms with E-state index in [1.54, 1.807) is 24.4 Å². The number of esters is 1. The van der Waals surface area contributed by atoms with Gasteiger partial charge in [-0.1, -0.05) is 12.1 Å². The fourth-order valence-electron chi connectivity index (χ4n) is 2.09. The zero-order valence-electron chi connectivity index (χ0n) is 11.2. The molecule has 0 spiro atoms. The number of halogens is 3. The van der Waals surface area contributed by atoms with E-state index in [9.17, 15) is 22.8 Å². The first kappa shape index (κ1) is 15.3. The number of alkyl halides is 3. The highest BCUT2D eigenvalue weighted by atomic mass is 19.4. The molecular weight excluding hydrogens is 287 g/mol. The van der Waals surface area contributed by atoms with E-state index in [1.807, 2.05) is 0 Å². The van der Waals surface area contributed by atoms with E-state index in [0.29, 0.717) is 13.0 Å². The van der Waals surface area contributed by atoms with E-state index in [4.69, 9.17) is 4.74 Å². The average molecular weight is 301 g/mol. The summed E-state index contributed by atoms with van der Waals surface area (Å²) in [6.45, 7) is 2.05. The summed E-state index contributed by atoms with van der Waals surface area (Å²) in [5.74, 6) is -2.40. The number of anilines is 1. The Bertz CT molecular complexity index is 539. The second kappa shape index (κ2) is 5.75. The van der Waals surface area contributed by atoms with E-state index < -0.39 is 12.1 Å². The van der Waals surface area contributed by atoms with Crippen LogP contribution in [0.4, 0.5) is 18.9 Å². The van der Waals surface area contributed by atoms with Crippen LogP contribution >= 0.6 is 0 Å². The lowest BCUT2D eigenvalue weighted by Gasteiger charge is -2.08. The van der Waals surface area contributed by atoms with Gasteiger partial charge in [0.1, 0.15) is 0 Å². The summed E-state index contributed by atoms with van der Waals surface area (Å²) in [4.78, 5) is 22.3. The zero-order valence-corrected chi connectivity index (χ0v) is 11.2. The summed E-state index contributed by atoms with van der Waals surface area (Å²) in [7, 11) is 0. The lowest BCUT2D eigenvalue weighted by molar-refractivity contribution is -0.167. The van der Waals surface area contributed by atoms with Gasteiger partial charge in [-0.2, -0.15) is 13.2 Å². The van der Waals surface area contributed by atoms with Crippen LogP contribution in [0.25, 0.3) is 0 Å². The van der Waals surface area contributed by atoms with E-state index in [0.717, 1.165) is 5.56 Å². The average Bonchev–Trinajstić information content (AvgIpc) is 3.19. The van der Waals surface area contributed by atoms with Crippen molar-refractivity contribution in [2.75, 3.05) is 11.9 Å². The predicted octanol–water partition coefficient (Wildman–Crippen LogP) is 2.85. The van der Waals surface area contributed by atoms with E-state index in [-0.39, 0.29) is 23.5 Å². The van der Waals surface area contributed by atoms with Crippen LogP contribution in [0.3, 0.4) is 0 Å². The summed E-state index contributed by atoms with van der Waals surface area (Å²) in [6, 6.07) is 5.99. The molecule has 1 fully saturated rings. The molecule has 1 aliphatic rings. The van der Waals surface area contributed by atoms with Crippen LogP contribution in [0.15, 0.2) is 24.3 Å². The standard InChI is InChI=1S/C14H14F3NO3/c1-2-21-12(19)11-7-10(11)8-3-5-9(6-4-8)18-13(20)14(15,16)17/h3-6,10-11H,2,7H2,1H3,(H,18,20). The fourth-order valence-corrected chi connectivity index (χ4v) is 2.09. The van der Waals surface area contributed by atoms with Crippen LogP contribution < -0.4 is 5.32 Å². The third-order valence-electron chi connectivity index (χ3n) is 3.23. The monoisotopic (exact) mass is 301 g/mol. The molecule has 1 amide bonds. The lowest BCUT2D eigenvalue weighted by atomic mass is 10.1. The maximum Gasteiger partial charge on any atom is 0.471 e. The summed E-state index contributed by atoms with van der Waals surface area (Å²) in [5.41, 5.74) is 0.910. The Hall–Kier alpha value is -2.05. The maximum atomic E-state index is 12.1. The van der Waals surface area contributed by atoms with Crippen LogP contribution in [-0.4, -0.2) is 24.7 Å². The topological polar surface area (TPSA) is 55.4 Å². The van der Waals surface area contributed by atoms with Crippen LogP contribution in [0.2, 0.25) is 0 Å². The number of ether oxygens (including phenoxy) is 1. The van der Waals surface area contributed by atoms with Crippen LogP contribution in [0.1, 0.15) is 24.8 Å². The molecule has 0 saturated heterocycles. The van der Waals surface area contributed by atoms with Gasteiger partial charge in [0.2, 0.25) is 0 Å². The first-order chi connectivity index (χ1) is 9.82. The molecule has 114 valence electrons. The first-order valence-corrected chi connectivity index (χ1v) is 6.47. The molecule has 0 radical (unpaired) electrons. The molecule has 0 heterocycles. The van der Waals surface area contributed by atoms with E-state index in [2.05, 4.69) is 0 Å². The number of hydrogen-bond acceptors (Lipinski definition) is 3. The van der Waals surface area contributed by atoms with Crippen LogP contribution in [0, 0.1) is 5.92 Å². The summed E-state index contributed by atoms with van der Waals surface area (Å²) in [6.07, 6.45) is -4.24. The molecule has 4 nitrogen and oxygen atoms in total. The number of carbonyl (C=O) groups excluding carboxylic acids is 2. The van der Waals surface area contributed by atoms with Gasteiger partial charge in [0.25, 0.3) is 0 Å². The SMILES string of the molecule is CCOC(=O)C1CC1c1ccc(NC(=O)C(F)(F)F)cc1. The molecule has 2 unspecified atom stereocenters. The molecule has 1 aliphatic carbocycles. The molecule has 1 saturated carbocycles. The molecule has 1 aromatic rings. The second-order valence-corrected chi connectivity index (χ2v) is 4.77. The lowest BCUT2D eigenvalue weighted by Crippen LogP contribution is -2.29. The largest absolute Gasteiger partial charge is 0.471 e. The van der Waals surface area contributed by atoms with Gasteiger partial charge in [-0.15, -0.1) is 0 Å². The minimum absolute atomic E-state index is 0.0383. The quantitative estimate of drug-likeness (QED) is 0.870. The van der Waals surface area contributed by atoms with Gasteiger partial charge in [0, 0.05) is 5.69 Å². The Morgan fingerprint density at radius 1 is 1.29 bits per heavy atom. The summed E-state index contributed by atoms with van der Waals surface area (Å²) in [5, 5.41) is 1.77. The van der Waals surface area contributed by atoms with Crippen molar-refractivity contribution in [3.05, 3.63) is 29.8 Å². The molecule has 0 aliphatic heterocycles. The Labute approximate surface area is 119 Å². The number of benzene rings is 1. The van der Waals surface area contributed by atoms with Crippen molar-refractivity contribution < 1.29 is 27.5 Å². The van der Waals surface area contributed by atoms with Gasteiger partial charge in [-0.3, -0.25) is 9.59 Å². The van der Waals surface area contributed by atoms with Crippen molar-refractivity contribution in [1.82, 2.24) is 0 Å². The smallest absolute Gasteiger partial charge is 0.466 e. The molecule has 1 aromatic carbocycles. The van der Waals surface area contributed by atoms with Gasteiger partial charge in [0.05, 0.1) is 12.5 Å². The van der Waals surface area contributed by atoms with Gasteiger partial charge in [0.15, 0.2) is 0 Å². The number of hydrogen-bond donors (Lipinski definition) is 1. The number of amides is 1. The van der Waals surface area contributed by atoms with Crippen molar-refractivity contribution >= 4 is 17.6 Å². The third kappa shape index (κ3) is 3.74. The molecular formula is C14H14F3NO3. The van der Waals surface area contributed by atoms with E-state index in [1.165, 1.54) is 12.1 Å². The summed E-state index contributed by atoms with van der Waals surface area (Å²) < 4.78 is 41.2. The predicted molar refractivity (Wildman–Crippen MR) is 68.6 cm³/mol. The Kier molecular flexibility index (Phi) is 4.20. The number of nitrogens with one attached hydrogen (secondary N) is 1. The second-order valence-electron chi connectivity index (χ2n) is 4.77. The molecule has 1 N–H and O–H groups in total. The van der Waals surface area contributed by atoms with Crippen molar-refractivity contribution in [2.24, 2.45) is 5.92 Å². The van der Waals surface area contributed by atoms with E-state index >= 15 is 0 Å². The molecule has 0 bridgehead atoms. The highest BCUT2D eigenvalue weighted by molar-refractivity contribution is 5.94. The number of rotatable bonds is 4. The highest BCUT2D eigenvalue weighted by Crippen LogP contribution is 2.48. The third-order valence-corrected chi connectivity index (χ3v) is 3.23. The normalized spacial score (nSPS) is 20.8. The zero-order chi connectivity index (χ0) is 15.6. The molecule has 7 heteroatoms. The van der Waals surface area contributed by atoms with Gasteiger partial charge >= 0.3 is 18.1 Å². The maximum absolute atomic E-state index is 12.1. The van der Waals surface area contributed by atoms with Gasteiger partial charge < -0.3 is 10.1 Å². The Morgan fingerprint density at radius 2 is 1.90 bits per heavy atom. The fraction of sp³-hybridized carbons (Fsp3) is 0.429. The van der Waals surface area contributed by atoms with Crippen molar-refractivity contribution in [1.29, 1.82) is 0 Å². The minimum Gasteiger partial charge on any atom is -0.466 e. The summed E-state index contributed by atoms with van der Waals surface area (Å²) >= 11 is 0. The first-order valence-electron chi connectivity index (χ1n) is 6.47. The number of carbonyl (C=O) groups is 2.